The van der Waals surface area contributed by atoms with Gasteiger partial charge in [0.05, 0.1) is 5.69 Å². The Morgan fingerprint density at radius 1 is 1.31 bits per heavy atom. The summed E-state index contributed by atoms with van der Waals surface area (Å²) < 4.78 is 6.15. The van der Waals surface area contributed by atoms with Crippen molar-refractivity contribution in [3.05, 3.63) is 59.4 Å². The number of hydrogen-bond acceptors (Lipinski definition) is 5. The molecule has 3 rings (SSSR count). The molecule has 1 aromatic carbocycles. The van der Waals surface area contributed by atoms with Crippen LogP contribution in [0, 0.1) is 0 Å². The number of primary amides is 1. The monoisotopic (exact) mass is 354 g/mol. The summed E-state index contributed by atoms with van der Waals surface area (Å²) >= 11 is 0. The lowest BCUT2D eigenvalue weighted by atomic mass is 10.1. The minimum atomic E-state index is -0.392. The number of benzene rings is 1. The van der Waals surface area contributed by atoms with Crippen molar-refractivity contribution >= 4 is 5.91 Å². The molecule has 1 aliphatic rings. The first-order chi connectivity index (χ1) is 12.5. The summed E-state index contributed by atoms with van der Waals surface area (Å²) in [6, 6.07) is 11.4. The third-order valence-electron chi connectivity index (χ3n) is 4.44. The van der Waals surface area contributed by atoms with Crippen LogP contribution in [0.5, 0.6) is 5.75 Å². The summed E-state index contributed by atoms with van der Waals surface area (Å²) in [6.45, 7) is 3.54. The van der Waals surface area contributed by atoms with Crippen LogP contribution in [0.1, 0.15) is 28.0 Å². The van der Waals surface area contributed by atoms with E-state index in [9.17, 15) is 4.79 Å². The van der Waals surface area contributed by atoms with E-state index in [4.69, 9.17) is 10.5 Å². The highest BCUT2D eigenvalue weighted by atomic mass is 16.5. The smallest absolute Gasteiger partial charge is 0.248 e. The van der Waals surface area contributed by atoms with E-state index in [0.717, 1.165) is 44.0 Å². The van der Waals surface area contributed by atoms with Crippen LogP contribution < -0.4 is 10.5 Å². The predicted octanol–water partition coefficient (Wildman–Crippen LogP) is 1.90. The normalized spacial score (nSPS) is 17.6. The fourth-order valence-corrected chi connectivity index (χ4v) is 3.20. The van der Waals surface area contributed by atoms with E-state index in [1.54, 1.807) is 18.3 Å². The Labute approximate surface area is 154 Å². The minimum absolute atomic E-state index is 0.189. The van der Waals surface area contributed by atoms with E-state index in [1.807, 2.05) is 38.4 Å². The maximum Gasteiger partial charge on any atom is 0.248 e. The number of nitrogens with zero attached hydrogens (tertiary/aromatic N) is 3. The SMILES string of the molecule is CN(C)Cc1cc(OC2CCN(Cc3ccc(C(N)=O)cc3)C2)ccn1. The molecule has 2 aromatic rings. The molecule has 1 amide bonds. The van der Waals surface area contributed by atoms with Crippen LogP contribution in [0.2, 0.25) is 0 Å². The topological polar surface area (TPSA) is 71.7 Å². The molecule has 0 aliphatic carbocycles. The summed E-state index contributed by atoms with van der Waals surface area (Å²) in [6.07, 6.45) is 3.00. The zero-order valence-electron chi connectivity index (χ0n) is 15.4. The Hall–Kier alpha value is -2.44. The zero-order valence-corrected chi connectivity index (χ0v) is 15.4. The fraction of sp³-hybridized carbons (Fsp3) is 0.400. The third-order valence-corrected chi connectivity index (χ3v) is 4.44. The average Bonchev–Trinajstić information content (AvgIpc) is 3.02. The van der Waals surface area contributed by atoms with Gasteiger partial charge in [-0.2, -0.15) is 0 Å². The maximum atomic E-state index is 11.1. The van der Waals surface area contributed by atoms with Gasteiger partial charge < -0.3 is 15.4 Å². The second-order valence-electron chi connectivity index (χ2n) is 7.05. The molecule has 26 heavy (non-hydrogen) atoms. The Bertz CT molecular complexity index is 746. The number of pyridine rings is 1. The van der Waals surface area contributed by atoms with E-state index < -0.39 is 5.91 Å². The zero-order chi connectivity index (χ0) is 18.5. The largest absolute Gasteiger partial charge is 0.489 e. The first-order valence-corrected chi connectivity index (χ1v) is 8.87. The molecule has 0 saturated carbocycles. The van der Waals surface area contributed by atoms with Crippen LogP contribution in [0.4, 0.5) is 0 Å². The standard InChI is InChI=1S/C20H26N4O2/c1-23(2)13-17-11-18(7-9-22-17)26-19-8-10-24(14-19)12-15-3-5-16(6-4-15)20(21)25/h3-7,9,11,19H,8,10,12-14H2,1-2H3,(H2,21,25). The summed E-state index contributed by atoms with van der Waals surface area (Å²) in [5, 5.41) is 0. The van der Waals surface area contributed by atoms with E-state index in [0.29, 0.717) is 5.56 Å². The van der Waals surface area contributed by atoms with Gasteiger partial charge in [-0.3, -0.25) is 14.7 Å². The number of ether oxygens (including phenoxy) is 1. The summed E-state index contributed by atoms with van der Waals surface area (Å²) in [4.78, 5) is 20.0. The molecule has 6 heteroatoms. The van der Waals surface area contributed by atoms with Gasteiger partial charge in [-0.25, -0.2) is 0 Å². The molecule has 0 radical (unpaired) electrons. The molecule has 1 unspecified atom stereocenters. The van der Waals surface area contributed by atoms with E-state index >= 15 is 0 Å². The van der Waals surface area contributed by atoms with Crippen molar-refractivity contribution in [3.8, 4) is 5.75 Å². The summed E-state index contributed by atoms with van der Waals surface area (Å²) in [5.74, 6) is 0.492. The molecule has 138 valence electrons. The van der Waals surface area contributed by atoms with Crippen LogP contribution in [0.25, 0.3) is 0 Å². The molecular weight excluding hydrogens is 328 g/mol. The number of likely N-dealkylation sites (tertiary alicyclic amines) is 1. The number of amides is 1. The van der Waals surface area contributed by atoms with Crippen LogP contribution >= 0.6 is 0 Å². The van der Waals surface area contributed by atoms with Gasteiger partial charge in [0.25, 0.3) is 0 Å². The van der Waals surface area contributed by atoms with E-state index in [-0.39, 0.29) is 6.10 Å². The van der Waals surface area contributed by atoms with E-state index in [2.05, 4.69) is 14.8 Å². The van der Waals surface area contributed by atoms with Gasteiger partial charge in [-0.1, -0.05) is 12.1 Å². The first-order valence-electron chi connectivity index (χ1n) is 8.87. The van der Waals surface area contributed by atoms with Crippen LogP contribution in [0.3, 0.4) is 0 Å². The fourth-order valence-electron chi connectivity index (χ4n) is 3.20. The van der Waals surface area contributed by atoms with Crippen molar-refractivity contribution in [1.29, 1.82) is 0 Å². The van der Waals surface area contributed by atoms with Gasteiger partial charge in [0.15, 0.2) is 0 Å². The second-order valence-corrected chi connectivity index (χ2v) is 7.05. The van der Waals surface area contributed by atoms with Crippen molar-refractivity contribution in [2.75, 3.05) is 27.2 Å². The Morgan fingerprint density at radius 3 is 2.77 bits per heavy atom. The Morgan fingerprint density at radius 2 is 2.08 bits per heavy atom. The van der Waals surface area contributed by atoms with Crippen molar-refractivity contribution in [2.24, 2.45) is 5.73 Å². The molecule has 1 fully saturated rings. The highest BCUT2D eigenvalue weighted by Gasteiger charge is 2.24. The molecule has 1 aliphatic heterocycles. The lowest BCUT2D eigenvalue weighted by Crippen LogP contribution is -2.24. The van der Waals surface area contributed by atoms with Gasteiger partial charge in [-0.15, -0.1) is 0 Å². The quantitative estimate of drug-likeness (QED) is 0.822. The molecule has 6 nitrogen and oxygen atoms in total. The second kappa shape index (κ2) is 8.29. The summed E-state index contributed by atoms with van der Waals surface area (Å²) in [7, 11) is 4.06. The molecular formula is C20H26N4O2. The lowest BCUT2D eigenvalue weighted by Gasteiger charge is -2.17. The number of nitrogens with two attached hydrogens (primary N) is 1. The number of carbonyl (C=O) groups excluding carboxylic acids is 1. The van der Waals surface area contributed by atoms with Crippen molar-refractivity contribution in [3.63, 3.8) is 0 Å². The van der Waals surface area contributed by atoms with Crippen LogP contribution in [-0.2, 0) is 13.1 Å². The number of aromatic nitrogens is 1. The molecule has 2 heterocycles. The highest BCUT2D eigenvalue weighted by Crippen LogP contribution is 2.20. The molecule has 1 aromatic heterocycles. The van der Waals surface area contributed by atoms with Crippen LogP contribution in [0.15, 0.2) is 42.6 Å². The predicted molar refractivity (Wildman–Crippen MR) is 101 cm³/mol. The van der Waals surface area contributed by atoms with Crippen LogP contribution in [-0.4, -0.2) is 54.0 Å². The number of carbonyl (C=O) groups is 1. The van der Waals surface area contributed by atoms with Gasteiger partial charge in [-0.05, 0) is 44.3 Å². The number of hydrogen-bond donors (Lipinski definition) is 1. The molecule has 0 spiro atoms. The van der Waals surface area contributed by atoms with E-state index in [1.165, 1.54) is 5.56 Å². The molecule has 1 saturated heterocycles. The first kappa shape index (κ1) is 18.4. The van der Waals surface area contributed by atoms with Crippen molar-refractivity contribution in [1.82, 2.24) is 14.8 Å². The molecule has 2 N–H and O–H groups in total. The average molecular weight is 354 g/mol. The molecule has 0 bridgehead atoms. The molecule has 1 atom stereocenters. The Kier molecular flexibility index (Phi) is 5.85. The number of rotatable bonds is 7. The van der Waals surface area contributed by atoms with Gasteiger partial charge in [0, 0.05) is 44.0 Å². The minimum Gasteiger partial charge on any atom is -0.489 e. The maximum absolute atomic E-state index is 11.1. The Balaban J connectivity index is 1.53. The summed E-state index contributed by atoms with van der Waals surface area (Å²) in [5.41, 5.74) is 8.01. The highest BCUT2D eigenvalue weighted by molar-refractivity contribution is 5.92. The third kappa shape index (κ3) is 5.03. The van der Waals surface area contributed by atoms with Crippen molar-refractivity contribution in [2.45, 2.75) is 25.6 Å². The van der Waals surface area contributed by atoms with Crippen molar-refractivity contribution < 1.29 is 9.53 Å². The lowest BCUT2D eigenvalue weighted by molar-refractivity contribution is 0.100. The van der Waals surface area contributed by atoms with Gasteiger partial charge in [0.1, 0.15) is 11.9 Å². The van der Waals surface area contributed by atoms with Gasteiger partial charge >= 0.3 is 0 Å². The van der Waals surface area contributed by atoms with Gasteiger partial charge in [0.2, 0.25) is 5.91 Å².